The summed E-state index contributed by atoms with van der Waals surface area (Å²) in [7, 11) is 0. The average Bonchev–Trinajstić information content (AvgIpc) is 3.35. The highest BCUT2D eigenvalue weighted by atomic mass is 16.7. The van der Waals surface area contributed by atoms with Gasteiger partial charge in [0.05, 0.1) is 18.9 Å². The fourth-order valence-corrected chi connectivity index (χ4v) is 7.73. The van der Waals surface area contributed by atoms with E-state index in [0.29, 0.717) is 51.9 Å². The summed E-state index contributed by atoms with van der Waals surface area (Å²) >= 11 is 0. The molecule has 0 bridgehead atoms. The van der Waals surface area contributed by atoms with Gasteiger partial charge in [-0.25, -0.2) is 0 Å². The Balaban J connectivity index is 4.44. The summed E-state index contributed by atoms with van der Waals surface area (Å²) in [6, 6.07) is 0. The average molecular weight is 980 g/mol. The van der Waals surface area contributed by atoms with E-state index >= 15 is 0 Å². The molecule has 0 aromatic heterocycles. The van der Waals surface area contributed by atoms with Crippen LogP contribution in [0.4, 0.5) is 0 Å². The third-order valence-corrected chi connectivity index (χ3v) is 12.1. The van der Waals surface area contributed by atoms with E-state index in [1.54, 1.807) is 0 Å². The van der Waals surface area contributed by atoms with Gasteiger partial charge >= 0.3 is 23.9 Å². The second kappa shape index (κ2) is 53.0. The van der Waals surface area contributed by atoms with Gasteiger partial charge in [-0.05, 0) is 109 Å². The third-order valence-electron chi connectivity index (χ3n) is 12.1. The van der Waals surface area contributed by atoms with Crippen LogP contribution in [0.3, 0.4) is 0 Å². The van der Waals surface area contributed by atoms with Crippen LogP contribution in [0.5, 0.6) is 0 Å². The molecule has 0 aromatic carbocycles. The quantitative estimate of drug-likeness (QED) is 0.0203. The normalized spacial score (nSPS) is 11.8. The number of aliphatic hydroxyl groups excluding tert-OH is 1. The lowest BCUT2D eigenvalue weighted by molar-refractivity contribution is -0.159. The van der Waals surface area contributed by atoms with E-state index in [-0.39, 0.29) is 56.6 Å². The molecule has 0 atom stereocenters. The third kappa shape index (κ3) is 48.6. The second-order valence-corrected chi connectivity index (χ2v) is 18.8. The fourth-order valence-electron chi connectivity index (χ4n) is 7.73. The molecule has 12 heteroatoms. The van der Waals surface area contributed by atoms with Crippen LogP contribution in [0.15, 0.2) is 24.3 Å². The highest BCUT2D eigenvalue weighted by Gasteiger charge is 2.18. The molecular weight excluding hydrogens is 875 g/mol. The number of carbonyl (C=O) groups excluding carboxylic acids is 4. The lowest BCUT2D eigenvalue weighted by Gasteiger charge is -2.22. The summed E-state index contributed by atoms with van der Waals surface area (Å²) in [6.07, 6.45) is 38.6. The highest BCUT2D eigenvalue weighted by Crippen LogP contribution is 2.14. The van der Waals surface area contributed by atoms with E-state index in [2.05, 4.69) is 56.9 Å². The van der Waals surface area contributed by atoms with Gasteiger partial charge in [0.1, 0.15) is 19.8 Å². The van der Waals surface area contributed by atoms with Crippen LogP contribution in [0.2, 0.25) is 0 Å². The van der Waals surface area contributed by atoms with Crippen LogP contribution >= 0.6 is 0 Å². The van der Waals surface area contributed by atoms with Crippen LogP contribution in [-0.2, 0) is 47.6 Å². The topological polar surface area (TPSA) is 147 Å². The molecule has 0 amide bonds. The maximum atomic E-state index is 12.7. The van der Waals surface area contributed by atoms with Crippen molar-refractivity contribution in [2.24, 2.45) is 5.92 Å². The van der Waals surface area contributed by atoms with Crippen molar-refractivity contribution in [3.05, 3.63) is 24.3 Å². The Labute approximate surface area is 422 Å². The molecule has 12 nitrogen and oxygen atoms in total. The summed E-state index contributed by atoms with van der Waals surface area (Å²) in [4.78, 5) is 52.4. The number of hydrogen-bond donors (Lipinski definition) is 1. The van der Waals surface area contributed by atoms with Crippen LogP contribution in [0.1, 0.15) is 240 Å². The molecule has 0 spiro atoms. The molecule has 69 heavy (non-hydrogen) atoms. The van der Waals surface area contributed by atoms with Gasteiger partial charge < -0.3 is 38.4 Å². The first-order valence-electron chi connectivity index (χ1n) is 28.3. The monoisotopic (exact) mass is 980 g/mol. The SMILES string of the molecule is CC/C=C\CCCCOC(CCC(=O)OCCCCCCCN(CCCO)CCCCCCC(=O)OCC(COC(=O)CCCCCCC)COC(=O)CCCCCCC)OCCCC/C=C\CC. The van der Waals surface area contributed by atoms with Crippen molar-refractivity contribution in [2.45, 2.75) is 246 Å². The lowest BCUT2D eigenvalue weighted by Crippen LogP contribution is -2.28. The summed E-state index contributed by atoms with van der Waals surface area (Å²) < 4.78 is 34.3. The predicted octanol–water partition coefficient (Wildman–Crippen LogP) is 13.5. The number of carbonyl (C=O) groups is 4. The minimum Gasteiger partial charge on any atom is -0.466 e. The van der Waals surface area contributed by atoms with Crippen molar-refractivity contribution < 1.29 is 52.7 Å². The van der Waals surface area contributed by atoms with E-state index < -0.39 is 5.92 Å². The number of aliphatic hydroxyl groups is 1. The van der Waals surface area contributed by atoms with Gasteiger partial charge in [-0.1, -0.05) is 135 Å². The molecule has 0 aliphatic heterocycles. The van der Waals surface area contributed by atoms with Gasteiger partial charge in [0.15, 0.2) is 6.29 Å². The highest BCUT2D eigenvalue weighted by molar-refractivity contribution is 5.70. The van der Waals surface area contributed by atoms with E-state index in [9.17, 15) is 24.3 Å². The Morgan fingerprint density at radius 3 is 1.26 bits per heavy atom. The fraction of sp³-hybridized carbons (Fsp3) is 0.860. The van der Waals surface area contributed by atoms with Gasteiger partial charge in [-0.15, -0.1) is 0 Å². The standard InChI is InChI=1S/C57H105NO11/c1-5-9-13-17-25-34-47-65-57(66-48-35-26-18-14-10-6-2)41-40-56(63)64-46-33-27-19-23-31-42-58(44-36-45-59)43-32-24-22-30-39-55(62)69-51-52(49-67-53(60)37-28-20-15-11-7-3)50-68-54(61)38-29-21-16-12-8-4/h9-10,13-14,52,57,59H,5-8,11-12,15-51H2,1-4H3/b13-9-,14-10-. The maximum Gasteiger partial charge on any atom is 0.305 e. The number of rotatable bonds is 53. The van der Waals surface area contributed by atoms with Gasteiger partial charge in [-0.3, -0.25) is 19.2 Å². The zero-order valence-corrected chi connectivity index (χ0v) is 44.8. The molecule has 0 radical (unpaired) electrons. The largest absolute Gasteiger partial charge is 0.466 e. The van der Waals surface area contributed by atoms with Crippen molar-refractivity contribution in [1.82, 2.24) is 4.90 Å². The second-order valence-electron chi connectivity index (χ2n) is 18.8. The van der Waals surface area contributed by atoms with Crippen molar-refractivity contribution >= 4 is 23.9 Å². The molecule has 0 unspecified atom stereocenters. The van der Waals surface area contributed by atoms with E-state index in [0.717, 1.165) is 199 Å². The van der Waals surface area contributed by atoms with Crippen LogP contribution in [0, 0.1) is 5.92 Å². The van der Waals surface area contributed by atoms with Crippen molar-refractivity contribution in [1.29, 1.82) is 0 Å². The van der Waals surface area contributed by atoms with E-state index in [1.165, 1.54) is 0 Å². The molecule has 0 aromatic rings. The number of unbranched alkanes of at least 4 members (excludes halogenated alkanes) is 19. The molecule has 0 fully saturated rings. The molecule has 0 heterocycles. The number of esters is 4. The molecule has 0 saturated heterocycles. The lowest BCUT2D eigenvalue weighted by atomic mass is 10.1. The van der Waals surface area contributed by atoms with Crippen molar-refractivity contribution in [3.8, 4) is 0 Å². The Hall–Kier alpha value is -2.80. The van der Waals surface area contributed by atoms with Crippen LogP contribution in [0.25, 0.3) is 0 Å². The first-order chi connectivity index (χ1) is 33.8. The molecule has 0 aliphatic rings. The zero-order chi connectivity index (χ0) is 50.5. The Kier molecular flexibility index (Phi) is 50.9. The van der Waals surface area contributed by atoms with E-state index in [4.69, 9.17) is 28.4 Å². The van der Waals surface area contributed by atoms with Crippen molar-refractivity contribution in [3.63, 3.8) is 0 Å². The molecule has 0 aliphatic carbocycles. The Bertz CT molecular complexity index is 1170. The predicted molar refractivity (Wildman–Crippen MR) is 280 cm³/mol. The van der Waals surface area contributed by atoms with E-state index in [1.807, 2.05) is 0 Å². The molecule has 0 rings (SSSR count). The maximum absolute atomic E-state index is 12.7. The number of allylic oxidation sites excluding steroid dienone is 4. The van der Waals surface area contributed by atoms with Gasteiger partial charge in [0.2, 0.25) is 0 Å². The summed E-state index contributed by atoms with van der Waals surface area (Å²) in [5.74, 6) is -1.42. The summed E-state index contributed by atoms with van der Waals surface area (Å²) in [6.45, 7) is 13.5. The van der Waals surface area contributed by atoms with Crippen LogP contribution < -0.4 is 0 Å². The minimum atomic E-state index is -0.400. The Morgan fingerprint density at radius 1 is 0.420 bits per heavy atom. The number of ether oxygens (including phenoxy) is 6. The first kappa shape index (κ1) is 66.2. The Morgan fingerprint density at radius 2 is 0.812 bits per heavy atom. The number of hydrogen-bond acceptors (Lipinski definition) is 12. The van der Waals surface area contributed by atoms with Gasteiger partial charge in [0.25, 0.3) is 0 Å². The molecule has 0 saturated carbocycles. The van der Waals surface area contributed by atoms with Crippen LogP contribution in [-0.4, -0.2) is 106 Å². The van der Waals surface area contributed by atoms with Gasteiger partial charge in [-0.2, -0.15) is 0 Å². The smallest absolute Gasteiger partial charge is 0.305 e. The molecule has 1 N–H and O–H groups in total. The molecular formula is C57H105NO11. The first-order valence-corrected chi connectivity index (χ1v) is 28.3. The van der Waals surface area contributed by atoms with Crippen molar-refractivity contribution in [2.75, 3.05) is 65.9 Å². The summed E-state index contributed by atoms with van der Waals surface area (Å²) in [5.41, 5.74) is 0. The minimum absolute atomic E-state index is 0.0445. The summed E-state index contributed by atoms with van der Waals surface area (Å²) in [5, 5.41) is 9.48. The zero-order valence-electron chi connectivity index (χ0n) is 44.8. The van der Waals surface area contributed by atoms with Gasteiger partial charge in [0, 0.05) is 52.0 Å². The molecule has 404 valence electrons. The number of nitrogens with zero attached hydrogens (tertiary/aromatic N) is 1.